The zero-order valence-electron chi connectivity index (χ0n) is 11.0. The second-order valence-corrected chi connectivity index (χ2v) is 4.87. The van der Waals surface area contributed by atoms with Gasteiger partial charge in [0, 0.05) is 5.56 Å². The number of phenols is 1. The Balaban J connectivity index is 0.00000361. The van der Waals surface area contributed by atoms with E-state index in [4.69, 9.17) is 14.6 Å². The number of carbonyl (C=O) groups is 1. The zero-order chi connectivity index (χ0) is 14.8. The van der Waals surface area contributed by atoms with E-state index in [2.05, 4.69) is 0 Å². The van der Waals surface area contributed by atoms with Crippen molar-refractivity contribution in [1.82, 2.24) is 0 Å². The Morgan fingerprint density at radius 2 is 1.65 bits per heavy atom. The predicted molar refractivity (Wildman–Crippen MR) is 61.2 cm³/mol. The van der Waals surface area contributed by atoms with Gasteiger partial charge in [-0.05, 0) is 12.1 Å². The molecule has 1 aromatic carbocycles. The fourth-order valence-electron chi connectivity index (χ4n) is 1.31. The van der Waals surface area contributed by atoms with Crippen LogP contribution in [0.2, 0.25) is 0 Å². The average molecular weight is 330 g/mol. The molecule has 1 unspecified atom stereocenters. The Hall–Kier alpha value is -0.204. The summed E-state index contributed by atoms with van der Waals surface area (Å²) >= 11 is 0. The number of benzene rings is 1. The van der Waals surface area contributed by atoms with E-state index in [1.54, 1.807) is 0 Å². The quantitative estimate of drug-likeness (QED) is 0.322. The molecule has 0 spiro atoms. The van der Waals surface area contributed by atoms with Crippen molar-refractivity contribution in [1.29, 1.82) is 0 Å². The van der Waals surface area contributed by atoms with Crippen LogP contribution in [0.25, 0.3) is 0 Å². The summed E-state index contributed by atoms with van der Waals surface area (Å²) in [6.45, 7) is 0. The molecular weight excluding hydrogens is 319 g/mol. The first kappa shape index (κ1) is 19.8. The molecular formula is C10H11KO8S. The van der Waals surface area contributed by atoms with Gasteiger partial charge in [0.15, 0.2) is 11.5 Å². The van der Waals surface area contributed by atoms with Gasteiger partial charge in [0.05, 0.1) is 14.2 Å². The maximum absolute atomic E-state index is 11.6. The summed E-state index contributed by atoms with van der Waals surface area (Å²) in [4.78, 5) is 11.6. The number of methoxy groups -OCH3 is 2. The maximum atomic E-state index is 11.6. The largest absolute Gasteiger partial charge is 1.00 e. The standard InChI is InChI=1S/C10H12O8S.K/c1-17-6-3-5(4-7(18-2)9(6)12)8(11)10(13)19(14,15)16;/h3-4,10,12-13H,1-2H3,(H,14,15,16);/q;+1/p-1. The molecule has 106 valence electrons. The summed E-state index contributed by atoms with van der Waals surface area (Å²) in [5, 5.41) is 18.7. The first-order chi connectivity index (χ1) is 8.72. The molecule has 0 aromatic heterocycles. The van der Waals surface area contributed by atoms with Crippen molar-refractivity contribution in [2.24, 2.45) is 0 Å². The van der Waals surface area contributed by atoms with Gasteiger partial charge < -0.3 is 24.2 Å². The average Bonchev–Trinajstić information content (AvgIpc) is 2.36. The van der Waals surface area contributed by atoms with Crippen LogP contribution in [0, 0.1) is 0 Å². The van der Waals surface area contributed by atoms with Gasteiger partial charge in [-0.15, -0.1) is 0 Å². The van der Waals surface area contributed by atoms with Crippen LogP contribution in [0.5, 0.6) is 17.2 Å². The van der Waals surface area contributed by atoms with Crippen LogP contribution in [0.1, 0.15) is 10.4 Å². The van der Waals surface area contributed by atoms with Gasteiger partial charge >= 0.3 is 51.4 Å². The number of hydrogen-bond acceptors (Lipinski definition) is 8. The van der Waals surface area contributed by atoms with Crippen LogP contribution >= 0.6 is 0 Å². The molecule has 0 radical (unpaired) electrons. The van der Waals surface area contributed by atoms with Crippen LogP contribution in [-0.4, -0.2) is 48.6 Å². The Morgan fingerprint density at radius 3 is 1.95 bits per heavy atom. The van der Waals surface area contributed by atoms with Gasteiger partial charge in [0.2, 0.25) is 17.0 Å². The normalized spacial score (nSPS) is 12.2. The summed E-state index contributed by atoms with van der Waals surface area (Å²) in [5.74, 6) is -2.08. The number of carbonyl (C=O) groups excluding carboxylic acids is 1. The van der Waals surface area contributed by atoms with E-state index in [-0.39, 0.29) is 68.4 Å². The molecule has 0 saturated heterocycles. The summed E-state index contributed by atoms with van der Waals surface area (Å²) in [5.41, 5.74) is -3.08. The van der Waals surface area contributed by atoms with Crippen molar-refractivity contribution < 1.29 is 88.8 Å². The number of rotatable bonds is 5. The number of aliphatic hydroxyl groups is 1. The molecule has 0 amide bonds. The fraction of sp³-hybridized carbons (Fsp3) is 0.300. The fourth-order valence-corrected chi connectivity index (χ4v) is 1.71. The predicted octanol–water partition coefficient (Wildman–Crippen LogP) is -3.54. The van der Waals surface area contributed by atoms with Crippen molar-refractivity contribution in [2.75, 3.05) is 14.2 Å². The van der Waals surface area contributed by atoms with E-state index in [0.717, 1.165) is 12.1 Å². The summed E-state index contributed by atoms with van der Waals surface area (Å²) in [6, 6.07) is 1.96. The molecule has 20 heavy (non-hydrogen) atoms. The summed E-state index contributed by atoms with van der Waals surface area (Å²) in [6.07, 6.45) is 0. The van der Waals surface area contributed by atoms with E-state index < -0.39 is 27.1 Å². The second kappa shape index (κ2) is 7.70. The summed E-state index contributed by atoms with van der Waals surface area (Å²) < 4.78 is 41.3. The van der Waals surface area contributed by atoms with E-state index in [1.807, 2.05) is 0 Å². The Labute approximate surface area is 157 Å². The van der Waals surface area contributed by atoms with Crippen molar-refractivity contribution in [3.05, 3.63) is 17.7 Å². The molecule has 0 aliphatic carbocycles. The molecule has 8 nitrogen and oxygen atoms in total. The molecule has 1 rings (SSSR count). The number of Topliss-reactive ketones (excluding diaryl/α,β-unsaturated/α-hetero) is 1. The smallest absolute Gasteiger partial charge is 0.746 e. The van der Waals surface area contributed by atoms with E-state index in [1.165, 1.54) is 14.2 Å². The molecule has 0 bridgehead atoms. The van der Waals surface area contributed by atoms with Crippen LogP contribution in [0.4, 0.5) is 0 Å². The van der Waals surface area contributed by atoms with Gasteiger partial charge in [0.1, 0.15) is 10.1 Å². The number of phenolic OH excluding ortho intramolecular Hbond substituents is 1. The third-order valence-corrected chi connectivity index (χ3v) is 3.02. The number of ether oxygens (including phenoxy) is 2. The van der Waals surface area contributed by atoms with Crippen molar-refractivity contribution in [3.8, 4) is 17.2 Å². The van der Waals surface area contributed by atoms with Crippen molar-refractivity contribution in [3.63, 3.8) is 0 Å². The SMILES string of the molecule is COc1cc(C(=O)C(O)S(=O)(=O)[O-])cc(OC)c1O.[K+]. The van der Waals surface area contributed by atoms with Crippen LogP contribution < -0.4 is 60.9 Å². The third kappa shape index (κ3) is 4.40. The molecule has 2 N–H and O–H groups in total. The number of ketones is 1. The molecule has 1 atom stereocenters. The van der Waals surface area contributed by atoms with E-state index in [0.29, 0.717) is 0 Å². The van der Waals surface area contributed by atoms with Crippen molar-refractivity contribution >= 4 is 15.9 Å². The minimum absolute atomic E-state index is 0. The number of aliphatic hydroxyl groups excluding tert-OH is 1. The van der Waals surface area contributed by atoms with E-state index >= 15 is 0 Å². The van der Waals surface area contributed by atoms with Crippen LogP contribution in [0.3, 0.4) is 0 Å². The Bertz CT molecular complexity index is 572. The number of hydrogen-bond donors (Lipinski definition) is 2. The van der Waals surface area contributed by atoms with Crippen LogP contribution in [-0.2, 0) is 10.1 Å². The minimum atomic E-state index is -5.19. The van der Waals surface area contributed by atoms with E-state index in [9.17, 15) is 22.9 Å². The molecule has 10 heteroatoms. The molecule has 0 aliphatic rings. The third-order valence-electron chi connectivity index (χ3n) is 2.26. The van der Waals surface area contributed by atoms with Gasteiger partial charge in [-0.1, -0.05) is 0 Å². The maximum Gasteiger partial charge on any atom is 1.00 e. The van der Waals surface area contributed by atoms with Gasteiger partial charge in [0.25, 0.3) is 0 Å². The van der Waals surface area contributed by atoms with Crippen LogP contribution in [0.15, 0.2) is 12.1 Å². The Morgan fingerprint density at radius 1 is 1.25 bits per heavy atom. The summed E-state index contributed by atoms with van der Waals surface area (Å²) in [7, 11) is -2.79. The molecule has 0 heterocycles. The molecule has 0 aliphatic heterocycles. The first-order valence-corrected chi connectivity index (χ1v) is 6.31. The molecule has 0 saturated carbocycles. The van der Waals surface area contributed by atoms with Gasteiger partial charge in [-0.25, -0.2) is 8.42 Å². The molecule has 0 fully saturated rings. The first-order valence-electron chi connectivity index (χ1n) is 4.84. The topological polar surface area (TPSA) is 133 Å². The number of aromatic hydroxyl groups is 1. The second-order valence-electron chi connectivity index (χ2n) is 3.44. The monoisotopic (exact) mass is 330 g/mol. The molecule has 1 aromatic rings. The van der Waals surface area contributed by atoms with Gasteiger partial charge in [-0.3, -0.25) is 4.79 Å². The minimum Gasteiger partial charge on any atom is -0.746 e. The van der Waals surface area contributed by atoms with Gasteiger partial charge in [-0.2, -0.15) is 0 Å². The van der Waals surface area contributed by atoms with Crippen molar-refractivity contribution in [2.45, 2.75) is 5.44 Å². The Kier molecular flexibility index (Phi) is 7.63. The zero-order valence-corrected chi connectivity index (χ0v) is 14.9.